The second kappa shape index (κ2) is 8.84. The van der Waals surface area contributed by atoms with Crippen LogP contribution in [0.3, 0.4) is 0 Å². The van der Waals surface area contributed by atoms with Gasteiger partial charge in [-0.25, -0.2) is 0 Å². The summed E-state index contributed by atoms with van der Waals surface area (Å²) in [6.45, 7) is 5.92. The number of benzene rings is 2. The summed E-state index contributed by atoms with van der Waals surface area (Å²) in [5, 5.41) is 4.09. The highest BCUT2D eigenvalue weighted by atomic mass is 16.5. The summed E-state index contributed by atoms with van der Waals surface area (Å²) in [4.78, 5) is 18.2. The van der Waals surface area contributed by atoms with Crippen molar-refractivity contribution in [2.75, 3.05) is 25.1 Å². The maximum absolute atomic E-state index is 13.7. The van der Waals surface area contributed by atoms with E-state index in [1.54, 1.807) is 6.20 Å². The zero-order valence-electron chi connectivity index (χ0n) is 17.6. The first-order chi connectivity index (χ1) is 14.6. The Balaban J connectivity index is 1.70. The van der Waals surface area contributed by atoms with E-state index in [0.717, 1.165) is 39.9 Å². The molecule has 156 valence electrons. The second-order valence-electron chi connectivity index (χ2n) is 7.88. The van der Waals surface area contributed by atoms with Gasteiger partial charge in [-0.15, -0.1) is 0 Å². The van der Waals surface area contributed by atoms with Crippen LogP contribution in [0.1, 0.15) is 37.3 Å². The van der Waals surface area contributed by atoms with Gasteiger partial charge in [0, 0.05) is 24.8 Å². The van der Waals surface area contributed by atoms with Gasteiger partial charge in [0.15, 0.2) is 0 Å². The summed E-state index contributed by atoms with van der Waals surface area (Å²) in [5.41, 5.74) is 3.12. The molecule has 1 aliphatic rings. The minimum Gasteiger partial charge on any atom is -0.491 e. The third-order valence-electron chi connectivity index (χ3n) is 5.79. The van der Waals surface area contributed by atoms with Crippen LogP contribution in [0.15, 0.2) is 54.7 Å². The van der Waals surface area contributed by atoms with Gasteiger partial charge in [-0.2, -0.15) is 0 Å². The molecule has 0 spiro atoms. The molecular weight excluding hydrogens is 376 g/mol. The lowest BCUT2D eigenvalue weighted by Crippen LogP contribution is -2.44. The van der Waals surface area contributed by atoms with Crippen molar-refractivity contribution in [3.63, 3.8) is 0 Å². The molecule has 30 heavy (non-hydrogen) atoms. The van der Waals surface area contributed by atoms with Crippen molar-refractivity contribution >= 4 is 22.5 Å². The monoisotopic (exact) mass is 404 g/mol. The number of fused-ring (bicyclic) bond motifs is 1. The molecule has 1 N–H and O–H groups in total. The third kappa shape index (κ3) is 3.90. The fourth-order valence-corrected chi connectivity index (χ4v) is 4.14. The number of pyridine rings is 1. The number of aromatic nitrogens is 1. The first-order valence-corrected chi connectivity index (χ1v) is 10.6. The van der Waals surface area contributed by atoms with Crippen molar-refractivity contribution < 1.29 is 14.3 Å². The molecule has 0 unspecified atom stereocenters. The van der Waals surface area contributed by atoms with E-state index in [-0.39, 0.29) is 5.91 Å². The van der Waals surface area contributed by atoms with E-state index >= 15 is 0 Å². The van der Waals surface area contributed by atoms with Crippen molar-refractivity contribution in [2.24, 2.45) is 0 Å². The van der Waals surface area contributed by atoms with E-state index in [0.29, 0.717) is 32.7 Å². The fraction of sp³-hybridized carbons (Fsp3) is 0.360. The molecule has 2 heterocycles. The fourth-order valence-electron chi connectivity index (χ4n) is 4.14. The van der Waals surface area contributed by atoms with Gasteiger partial charge in [-0.05, 0) is 56.0 Å². The van der Waals surface area contributed by atoms with Crippen LogP contribution < -0.4 is 10.1 Å². The van der Waals surface area contributed by atoms with Gasteiger partial charge in [0.25, 0.3) is 0 Å². The molecule has 1 aromatic heterocycles. The van der Waals surface area contributed by atoms with Crippen LogP contribution in [0.2, 0.25) is 0 Å². The van der Waals surface area contributed by atoms with Crippen LogP contribution >= 0.6 is 0 Å². The number of hydrogen-bond acceptors (Lipinski definition) is 4. The predicted molar refractivity (Wildman–Crippen MR) is 119 cm³/mol. The van der Waals surface area contributed by atoms with Crippen LogP contribution in [0.4, 0.5) is 5.69 Å². The molecule has 0 atom stereocenters. The molecule has 1 amide bonds. The minimum absolute atomic E-state index is 0.00350. The molecule has 0 saturated carbocycles. The average molecular weight is 405 g/mol. The SMILES string of the molecule is CCCOc1ccc(NC(=O)C2(c3cccc(C)c3)CCOCC2)c2cccnc12. The number of amides is 1. The highest BCUT2D eigenvalue weighted by molar-refractivity contribution is 6.06. The Kier molecular flexibility index (Phi) is 6.00. The molecule has 2 aromatic carbocycles. The smallest absolute Gasteiger partial charge is 0.235 e. The third-order valence-corrected chi connectivity index (χ3v) is 5.79. The Labute approximate surface area is 177 Å². The number of hydrogen-bond donors (Lipinski definition) is 1. The van der Waals surface area contributed by atoms with E-state index in [9.17, 15) is 4.79 Å². The lowest BCUT2D eigenvalue weighted by molar-refractivity contribution is -0.125. The van der Waals surface area contributed by atoms with Crippen molar-refractivity contribution in [2.45, 2.75) is 38.5 Å². The second-order valence-corrected chi connectivity index (χ2v) is 7.88. The van der Waals surface area contributed by atoms with Crippen LogP contribution in [0.5, 0.6) is 5.75 Å². The van der Waals surface area contributed by atoms with Gasteiger partial charge in [0.1, 0.15) is 11.3 Å². The van der Waals surface area contributed by atoms with Gasteiger partial charge in [0.05, 0.1) is 17.7 Å². The maximum atomic E-state index is 13.7. The van der Waals surface area contributed by atoms with Gasteiger partial charge < -0.3 is 14.8 Å². The van der Waals surface area contributed by atoms with Gasteiger partial charge in [-0.1, -0.05) is 36.8 Å². The van der Waals surface area contributed by atoms with Crippen LogP contribution in [-0.2, 0) is 14.9 Å². The summed E-state index contributed by atoms with van der Waals surface area (Å²) >= 11 is 0. The Hall–Kier alpha value is -2.92. The first kappa shape index (κ1) is 20.4. The average Bonchev–Trinajstić information content (AvgIpc) is 2.79. The zero-order valence-corrected chi connectivity index (χ0v) is 17.6. The summed E-state index contributed by atoms with van der Waals surface area (Å²) < 4.78 is 11.4. The maximum Gasteiger partial charge on any atom is 0.235 e. The number of ether oxygens (including phenoxy) is 2. The van der Waals surface area contributed by atoms with Gasteiger partial charge in [0.2, 0.25) is 5.91 Å². The summed E-state index contributed by atoms with van der Waals surface area (Å²) in [5.74, 6) is 0.744. The number of anilines is 1. The molecule has 1 aliphatic heterocycles. The standard InChI is InChI=1S/C25H28N2O3/c1-3-14-30-22-10-9-21(20-8-5-13-26-23(20)22)27-24(28)25(11-15-29-16-12-25)19-7-4-6-18(2)17-19/h4-10,13,17H,3,11-12,14-16H2,1-2H3,(H,27,28). The highest BCUT2D eigenvalue weighted by Crippen LogP contribution is 2.38. The Morgan fingerprint density at radius 3 is 2.77 bits per heavy atom. The quantitative estimate of drug-likeness (QED) is 0.627. The lowest BCUT2D eigenvalue weighted by Gasteiger charge is -2.36. The number of nitrogens with zero attached hydrogens (tertiary/aromatic N) is 1. The Bertz CT molecular complexity index is 1040. The van der Waals surface area contributed by atoms with E-state index in [1.165, 1.54) is 0 Å². The van der Waals surface area contributed by atoms with E-state index in [2.05, 4.69) is 42.3 Å². The van der Waals surface area contributed by atoms with Crippen LogP contribution in [-0.4, -0.2) is 30.7 Å². The topological polar surface area (TPSA) is 60.5 Å². The van der Waals surface area contributed by atoms with Gasteiger partial charge in [-0.3, -0.25) is 9.78 Å². The van der Waals surface area contributed by atoms with E-state index < -0.39 is 5.41 Å². The minimum atomic E-state index is -0.601. The molecule has 1 saturated heterocycles. The Morgan fingerprint density at radius 1 is 1.17 bits per heavy atom. The number of nitrogens with one attached hydrogen (secondary N) is 1. The number of rotatable bonds is 6. The van der Waals surface area contributed by atoms with Crippen molar-refractivity contribution in [1.29, 1.82) is 0 Å². The van der Waals surface area contributed by atoms with Gasteiger partial charge >= 0.3 is 0 Å². The number of carbonyl (C=O) groups excluding carboxylic acids is 1. The van der Waals surface area contributed by atoms with Crippen molar-refractivity contribution in [1.82, 2.24) is 4.98 Å². The van der Waals surface area contributed by atoms with Crippen LogP contribution in [0.25, 0.3) is 10.9 Å². The molecule has 1 fully saturated rings. The number of aryl methyl sites for hydroxylation is 1. The lowest BCUT2D eigenvalue weighted by atomic mass is 9.73. The molecule has 0 radical (unpaired) electrons. The van der Waals surface area contributed by atoms with E-state index in [1.807, 2.05) is 30.3 Å². The first-order valence-electron chi connectivity index (χ1n) is 10.6. The summed E-state index contributed by atoms with van der Waals surface area (Å²) in [7, 11) is 0. The Morgan fingerprint density at radius 2 is 2.00 bits per heavy atom. The summed E-state index contributed by atoms with van der Waals surface area (Å²) in [6.07, 6.45) is 4.00. The molecule has 5 heteroatoms. The zero-order chi connectivity index (χ0) is 21.0. The molecule has 5 nitrogen and oxygen atoms in total. The normalized spacial score (nSPS) is 15.7. The van der Waals surface area contributed by atoms with Crippen molar-refractivity contribution in [3.8, 4) is 5.75 Å². The molecular formula is C25H28N2O3. The molecule has 0 aliphatic carbocycles. The van der Waals surface area contributed by atoms with Crippen LogP contribution in [0, 0.1) is 6.92 Å². The van der Waals surface area contributed by atoms with E-state index in [4.69, 9.17) is 9.47 Å². The molecule has 4 rings (SSSR count). The molecule has 0 bridgehead atoms. The number of carbonyl (C=O) groups is 1. The highest BCUT2D eigenvalue weighted by Gasteiger charge is 2.42. The predicted octanol–water partition coefficient (Wildman–Crippen LogP) is 5.02. The molecule has 3 aromatic rings. The largest absolute Gasteiger partial charge is 0.491 e. The summed E-state index contributed by atoms with van der Waals surface area (Å²) in [6, 6.07) is 15.9. The van der Waals surface area contributed by atoms with Crippen molar-refractivity contribution in [3.05, 3.63) is 65.9 Å².